The number of pyridine rings is 1. The third-order valence-corrected chi connectivity index (χ3v) is 4.71. The van der Waals surface area contributed by atoms with Crippen LogP contribution >= 0.6 is 11.3 Å². The molecule has 2 aromatic rings. The Balaban J connectivity index is 1.83. The number of hydrogen-bond donors (Lipinski definition) is 0. The molecule has 0 N–H and O–H groups in total. The standard InChI is InChI=1S/C16H20N2O2S/c1-19-15-5-7-17-13(16(15)20-2)10-18-8-3-4-14(18)12-6-9-21-11-12/h5-7,9,11,14H,3-4,8,10H2,1-2H3. The molecular weight excluding hydrogens is 284 g/mol. The van der Waals surface area contributed by atoms with Gasteiger partial charge in [0.05, 0.1) is 14.2 Å². The highest BCUT2D eigenvalue weighted by molar-refractivity contribution is 7.07. The lowest BCUT2D eigenvalue weighted by atomic mass is 10.1. The molecular formula is C16H20N2O2S. The molecule has 112 valence electrons. The topological polar surface area (TPSA) is 34.6 Å². The summed E-state index contributed by atoms with van der Waals surface area (Å²) < 4.78 is 10.9. The first-order chi connectivity index (χ1) is 10.3. The maximum Gasteiger partial charge on any atom is 0.183 e. The highest BCUT2D eigenvalue weighted by Gasteiger charge is 2.27. The van der Waals surface area contributed by atoms with Crippen molar-refractivity contribution in [2.75, 3.05) is 20.8 Å². The minimum atomic E-state index is 0.494. The number of nitrogens with zero attached hydrogens (tertiary/aromatic N) is 2. The Kier molecular flexibility index (Phi) is 4.41. The SMILES string of the molecule is COc1ccnc(CN2CCCC2c2ccsc2)c1OC. The smallest absolute Gasteiger partial charge is 0.183 e. The average Bonchev–Trinajstić information content (AvgIpc) is 3.17. The van der Waals surface area contributed by atoms with Gasteiger partial charge in [-0.1, -0.05) is 0 Å². The van der Waals surface area contributed by atoms with Crippen LogP contribution < -0.4 is 9.47 Å². The number of ether oxygens (including phenoxy) is 2. The Morgan fingerprint density at radius 2 is 2.24 bits per heavy atom. The summed E-state index contributed by atoms with van der Waals surface area (Å²) in [5.74, 6) is 1.49. The molecule has 1 saturated heterocycles. The summed E-state index contributed by atoms with van der Waals surface area (Å²) in [5.41, 5.74) is 2.36. The lowest BCUT2D eigenvalue weighted by Gasteiger charge is -2.24. The van der Waals surface area contributed by atoms with Crippen molar-refractivity contribution in [1.29, 1.82) is 0 Å². The van der Waals surface area contributed by atoms with Crippen LogP contribution in [0.25, 0.3) is 0 Å². The molecule has 0 radical (unpaired) electrons. The molecule has 1 aliphatic heterocycles. The molecule has 0 aliphatic carbocycles. The highest BCUT2D eigenvalue weighted by Crippen LogP contribution is 2.36. The third kappa shape index (κ3) is 2.89. The summed E-state index contributed by atoms with van der Waals surface area (Å²) in [7, 11) is 3.33. The van der Waals surface area contributed by atoms with Crippen molar-refractivity contribution in [3.63, 3.8) is 0 Å². The fourth-order valence-corrected chi connectivity index (χ4v) is 3.72. The lowest BCUT2D eigenvalue weighted by molar-refractivity contribution is 0.240. The van der Waals surface area contributed by atoms with Gasteiger partial charge in [-0.2, -0.15) is 11.3 Å². The van der Waals surface area contributed by atoms with Crippen LogP contribution in [0.15, 0.2) is 29.1 Å². The van der Waals surface area contributed by atoms with E-state index in [1.54, 1.807) is 31.8 Å². The van der Waals surface area contributed by atoms with Gasteiger partial charge in [0.2, 0.25) is 0 Å². The predicted octanol–water partition coefficient (Wildman–Crippen LogP) is 3.50. The van der Waals surface area contributed by atoms with Gasteiger partial charge in [0.15, 0.2) is 11.5 Å². The van der Waals surface area contributed by atoms with Crippen molar-refractivity contribution >= 4 is 11.3 Å². The second kappa shape index (κ2) is 6.45. The van der Waals surface area contributed by atoms with Crippen LogP contribution in [-0.4, -0.2) is 30.6 Å². The Morgan fingerprint density at radius 1 is 1.33 bits per heavy atom. The maximum absolute atomic E-state index is 5.49. The summed E-state index contributed by atoms with van der Waals surface area (Å²) in [6.45, 7) is 1.89. The van der Waals surface area contributed by atoms with E-state index < -0.39 is 0 Å². The van der Waals surface area contributed by atoms with Gasteiger partial charge in [-0.3, -0.25) is 9.88 Å². The van der Waals surface area contributed by atoms with E-state index in [0.717, 1.165) is 30.3 Å². The minimum absolute atomic E-state index is 0.494. The summed E-state index contributed by atoms with van der Waals surface area (Å²) in [6.07, 6.45) is 4.22. The van der Waals surface area contributed by atoms with E-state index in [1.807, 2.05) is 6.07 Å². The Morgan fingerprint density at radius 3 is 2.95 bits per heavy atom. The normalized spacial score (nSPS) is 18.9. The summed E-state index contributed by atoms with van der Waals surface area (Å²) in [5, 5.41) is 4.40. The average molecular weight is 304 g/mol. The first kappa shape index (κ1) is 14.4. The molecule has 4 nitrogen and oxygen atoms in total. The monoisotopic (exact) mass is 304 g/mol. The van der Waals surface area contributed by atoms with Crippen LogP contribution in [0.2, 0.25) is 0 Å². The van der Waals surface area contributed by atoms with Gasteiger partial charge in [-0.15, -0.1) is 0 Å². The number of likely N-dealkylation sites (tertiary alicyclic amines) is 1. The molecule has 21 heavy (non-hydrogen) atoms. The molecule has 0 saturated carbocycles. The molecule has 1 fully saturated rings. The van der Waals surface area contributed by atoms with Crippen LogP contribution in [0.4, 0.5) is 0 Å². The fourth-order valence-electron chi connectivity index (χ4n) is 3.01. The summed E-state index contributed by atoms with van der Waals surface area (Å²) >= 11 is 1.76. The lowest BCUT2D eigenvalue weighted by Crippen LogP contribution is -2.23. The second-order valence-electron chi connectivity index (χ2n) is 5.18. The summed E-state index contributed by atoms with van der Waals surface area (Å²) in [4.78, 5) is 6.97. The van der Waals surface area contributed by atoms with Crippen LogP contribution in [0.3, 0.4) is 0 Å². The molecule has 5 heteroatoms. The van der Waals surface area contributed by atoms with Gasteiger partial charge in [0.25, 0.3) is 0 Å². The molecule has 3 heterocycles. The number of rotatable bonds is 5. The molecule has 1 atom stereocenters. The minimum Gasteiger partial charge on any atom is -0.493 e. The van der Waals surface area contributed by atoms with Crippen LogP contribution in [0.5, 0.6) is 11.5 Å². The molecule has 0 aromatic carbocycles. The van der Waals surface area contributed by atoms with Gasteiger partial charge in [0.1, 0.15) is 5.69 Å². The van der Waals surface area contributed by atoms with E-state index in [0.29, 0.717) is 6.04 Å². The molecule has 2 aromatic heterocycles. The van der Waals surface area contributed by atoms with E-state index in [4.69, 9.17) is 9.47 Å². The van der Waals surface area contributed by atoms with Crippen molar-refractivity contribution in [1.82, 2.24) is 9.88 Å². The van der Waals surface area contributed by atoms with E-state index in [2.05, 4.69) is 26.7 Å². The quantitative estimate of drug-likeness (QED) is 0.847. The fraction of sp³-hybridized carbons (Fsp3) is 0.438. The largest absolute Gasteiger partial charge is 0.493 e. The molecule has 1 unspecified atom stereocenters. The second-order valence-corrected chi connectivity index (χ2v) is 5.96. The molecule has 0 bridgehead atoms. The number of methoxy groups -OCH3 is 2. The van der Waals surface area contributed by atoms with E-state index >= 15 is 0 Å². The molecule has 1 aliphatic rings. The summed E-state index contributed by atoms with van der Waals surface area (Å²) in [6, 6.07) is 4.56. The van der Waals surface area contributed by atoms with Gasteiger partial charge in [-0.05, 0) is 41.8 Å². The van der Waals surface area contributed by atoms with Gasteiger partial charge in [-0.25, -0.2) is 0 Å². The first-order valence-electron chi connectivity index (χ1n) is 7.15. The van der Waals surface area contributed by atoms with Gasteiger partial charge < -0.3 is 9.47 Å². The van der Waals surface area contributed by atoms with Crippen LogP contribution in [-0.2, 0) is 6.54 Å². The van der Waals surface area contributed by atoms with Crippen LogP contribution in [0.1, 0.15) is 30.1 Å². The van der Waals surface area contributed by atoms with E-state index in [9.17, 15) is 0 Å². The molecule has 3 rings (SSSR count). The maximum atomic E-state index is 5.49. The predicted molar refractivity (Wildman–Crippen MR) is 84.0 cm³/mol. The molecule has 0 spiro atoms. The molecule has 0 amide bonds. The van der Waals surface area contributed by atoms with Crippen molar-refractivity contribution in [2.24, 2.45) is 0 Å². The van der Waals surface area contributed by atoms with Gasteiger partial charge in [0, 0.05) is 24.8 Å². The number of hydrogen-bond acceptors (Lipinski definition) is 5. The highest BCUT2D eigenvalue weighted by atomic mass is 32.1. The van der Waals surface area contributed by atoms with Crippen LogP contribution in [0, 0.1) is 0 Å². The third-order valence-electron chi connectivity index (χ3n) is 4.01. The zero-order valence-electron chi connectivity index (χ0n) is 12.4. The zero-order chi connectivity index (χ0) is 14.7. The Hall–Kier alpha value is -1.59. The zero-order valence-corrected chi connectivity index (χ0v) is 13.2. The van der Waals surface area contributed by atoms with Crippen molar-refractivity contribution in [2.45, 2.75) is 25.4 Å². The number of thiophene rings is 1. The Labute approximate surface area is 129 Å². The van der Waals surface area contributed by atoms with Crippen molar-refractivity contribution in [3.8, 4) is 11.5 Å². The van der Waals surface area contributed by atoms with E-state index in [-0.39, 0.29) is 0 Å². The Bertz CT molecular complexity index is 586. The number of aromatic nitrogens is 1. The first-order valence-corrected chi connectivity index (χ1v) is 8.09. The van der Waals surface area contributed by atoms with Crippen molar-refractivity contribution in [3.05, 3.63) is 40.3 Å². The van der Waals surface area contributed by atoms with Gasteiger partial charge >= 0.3 is 0 Å². The van der Waals surface area contributed by atoms with Crippen molar-refractivity contribution < 1.29 is 9.47 Å². The van der Waals surface area contributed by atoms with E-state index in [1.165, 1.54) is 18.4 Å².